The highest BCUT2D eigenvalue weighted by molar-refractivity contribution is 6.46. The van der Waals surface area contributed by atoms with Crippen molar-refractivity contribution in [1.82, 2.24) is 4.90 Å². The largest absolute Gasteiger partial charge is 0.507 e. The number of carbonyl (C=O) groups excluding carboxylic acids is 2. The third-order valence-corrected chi connectivity index (χ3v) is 6.17. The number of carbonyl (C=O) groups is 2. The average molecular weight is 480 g/mol. The molecule has 0 radical (unpaired) electrons. The molecule has 1 atom stereocenters. The number of Topliss-reactive ketones (excluding diaryl/α,β-unsaturated/α-hetero) is 1. The van der Waals surface area contributed by atoms with E-state index in [9.17, 15) is 14.7 Å². The zero-order valence-electron chi connectivity index (χ0n) is 21.5. The number of aliphatic hydroxyl groups excluding tert-OH is 1. The lowest BCUT2D eigenvalue weighted by atomic mass is 9.93. The van der Waals surface area contributed by atoms with E-state index in [0.29, 0.717) is 25.3 Å². The van der Waals surface area contributed by atoms with E-state index in [2.05, 4.69) is 0 Å². The third kappa shape index (κ3) is 5.69. The summed E-state index contributed by atoms with van der Waals surface area (Å²) < 4.78 is 11.4. The van der Waals surface area contributed by atoms with E-state index >= 15 is 0 Å². The minimum Gasteiger partial charge on any atom is -0.507 e. The standard InChI is InChI=1S/C29H37NO5/c1-6-9-16-30-26(20-10-13-22(14-11-20)35-17-7-2)25(28(32)29(30)33)27(31)21-12-15-24(34-8-3)23(18-21)19(4)5/h10-15,18-19,26,31H,6-9,16-17H2,1-5H3/b27-25-. The number of likely N-dealkylation sites (tertiary alicyclic amines) is 1. The SMILES string of the molecule is CCCCN1C(=O)C(=O)/C(=C(\O)c2ccc(OCC)c(C(C)C)c2)C1c1ccc(OCCC)cc1. The van der Waals surface area contributed by atoms with E-state index in [1.807, 2.05) is 71.0 Å². The van der Waals surface area contributed by atoms with Gasteiger partial charge in [-0.2, -0.15) is 0 Å². The number of ketones is 1. The molecule has 0 aromatic heterocycles. The van der Waals surface area contributed by atoms with Crippen molar-refractivity contribution in [3.63, 3.8) is 0 Å². The van der Waals surface area contributed by atoms with Gasteiger partial charge in [-0.25, -0.2) is 0 Å². The van der Waals surface area contributed by atoms with Crippen LogP contribution in [0.1, 0.15) is 82.5 Å². The molecular formula is C29H37NO5. The van der Waals surface area contributed by atoms with E-state index in [1.54, 1.807) is 11.0 Å². The van der Waals surface area contributed by atoms with Gasteiger partial charge in [0.25, 0.3) is 11.7 Å². The predicted molar refractivity (Wildman–Crippen MR) is 138 cm³/mol. The topological polar surface area (TPSA) is 76.1 Å². The number of ether oxygens (including phenoxy) is 2. The Morgan fingerprint density at radius 2 is 1.71 bits per heavy atom. The first-order valence-electron chi connectivity index (χ1n) is 12.6. The molecule has 1 aliphatic heterocycles. The normalized spacial score (nSPS) is 17.3. The molecule has 6 nitrogen and oxygen atoms in total. The van der Waals surface area contributed by atoms with Gasteiger partial charge in [-0.3, -0.25) is 9.59 Å². The summed E-state index contributed by atoms with van der Waals surface area (Å²) in [6.45, 7) is 11.7. The molecule has 188 valence electrons. The van der Waals surface area contributed by atoms with Gasteiger partial charge in [-0.15, -0.1) is 0 Å². The zero-order chi connectivity index (χ0) is 25.5. The second-order valence-electron chi connectivity index (χ2n) is 9.10. The Kier molecular flexibility index (Phi) is 8.96. The second kappa shape index (κ2) is 11.9. The number of aliphatic hydroxyl groups is 1. The van der Waals surface area contributed by atoms with Gasteiger partial charge in [0.1, 0.15) is 17.3 Å². The predicted octanol–water partition coefficient (Wildman–Crippen LogP) is 6.22. The lowest BCUT2D eigenvalue weighted by Gasteiger charge is -2.25. The molecule has 0 bridgehead atoms. The van der Waals surface area contributed by atoms with E-state index in [4.69, 9.17) is 9.47 Å². The summed E-state index contributed by atoms with van der Waals surface area (Å²) in [6, 6.07) is 12.2. The maximum absolute atomic E-state index is 13.2. The summed E-state index contributed by atoms with van der Waals surface area (Å²) >= 11 is 0. The first-order chi connectivity index (χ1) is 16.8. The Bertz CT molecular complexity index is 1070. The third-order valence-electron chi connectivity index (χ3n) is 6.17. The van der Waals surface area contributed by atoms with Crippen LogP contribution >= 0.6 is 0 Å². The molecule has 35 heavy (non-hydrogen) atoms. The van der Waals surface area contributed by atoms with Gasteiger partial charge in [0, 0.05) is 12.1 Å². The first kappa shape index (κ1) is 26.3. The molecule has 0 saturated carbocycles. The molecular weight excluding hydrogens is 442 g/mol. The number of unbranched alkanes of at least 4 members (excludes halogenated alkanes) is 1. The van der Waals surface area contributed by atoms with Gasteiger partial charge in [-0.05, 0) is 67.1 Å². The van der Waals surface area contributed by atoms with E-state index in [-0.39, 0.29) is 17.3 Å². The molecule has 3 rings (SSSR count). The number of nitrogens with zero attached hydrogens (tertiary/aromatic N) is 1. The summed E-state index contributed by atoms with van der Waals surface area (Å²) in [5, 5.41) is 11.4. The molecule has 0 aliphatic carbocycles. The van der Waals surface area contributed by atoms with Crippen LogP contribution in [0.15, 0.2) is 48.0 Å². The molecule has 6 heteroatoms. The number of rotatable bonds is 11. The fourth-order valence-corrected chi connectivity index (χ4v) is 4.34. The van der Waals surface area contributed by atoms with Crippen LogP contribution in [0.25, 0.3) is 5.76 Å². The number of amides is 1. The quantitative estimate of drug-likeness (QED) is 0.235. The lowest BCUT2D eigenvalue weighted by molar-refractivity contribution is -0.139. The minimum absolute atomic E-state index is 0.118. The van der Waals surface area contributed by atoms with Gasteiger partial charge in [-0.1, -0.05) is 46.2 Å². The van der Waals surface area contributed by atoms with Crippen molar-refractivity contribution in [2.24, 2.45) is 0 Å². The molecule has 1 unspecified atom stereocenters. The maximum Gasteiger partial charge on any atom is 0.295 e. The summed E-state index contributed by atoms with van der Waals surface area (Å²) in [5.74, 6) is 0.239. The highest BCUT2D eigenvalue weighted by Crippen LogP contribution is 2.41. The number of benzene rings is 2. The van der Waals surface area contributed by atoms with Crippen molar-refractivity contribution >= 4 is 17.4 Å². The fraction of sp³-hybridized carbons (Fsp3) is 0.448. The molecule has 1 aliphatic rings. The molecule has 0 spiro atoms. The fourth-order valence-electron chi connectivity index (χ4n) is 4.34. The Morgan fingerprint density at radius 1 is 1.00 bits per heavy atom. The van der Waals surface area contributed by atoms with Gasteiger partial charge >= 0.3 is 0 Å². The lowest BCUT2D eigenvalue weighted by Crippen LogP contribution is -2.30. The molecule has 1 fully saturated rings. The Morgan fingerprint density at radius 3 is 2.31 bits per heavy atom. The van der Waals surface area contributed by atoms with Gasteiger partial charge in [0.15, 0.2) is 0 Å². The van der Waals surface area contributed by atoms with E-state index < -0.39 is 17.7 Å². The van der Waals surface area contributed by atoms with Crippen LogP contribution in [0.2, 0.25) is 0 Å². The van der Waals surface area contributed by atoms with Crippen molar-refractivity contribution in [2.45, 2.75) is 65.8 Å². The van der Waals surface area contributed by atoms with Crippen molar-refractivity contribution < 1.29 is 24.2 Å². The van der Waals surface area contributed by atoms with Crippen molar-refractivity contribution in [2.75, 3.05) is 19.8 Å². The Hall–Kier alpha value is -3.28. The summed E-state index contributed by atoms with van der Waals surface area (Å²) in [6.07, 6.45) is 2.55. The first-order valence-corrected chi connectivity index (χ1v) is 12.6. The summed E-state index contributed by atoms with van der Waals surface area (Å²) in [4.78, 5) is 27.8. The highest BCUT2D eigenvalue weighted by atomic mass is 16.5. The molecule has 2 aromatic rings. The summed E-state index contributed by atoms with van der Waals surface area (Å²) in [7, 11) is 0. The molecule has 1 saturated heterocycles. The summed E-state index contributed by atoms with van der Waals surface area (Å²) in [5.41, 5.74) is 2.32. The van der Waals surface area contributed by atoms with E-state index in [1.165, 1.54) is 0 Å². The highest BCUT2D eigenvalue weighted by Gasteiger charge is 2.45. The minimum atomic E-state index is -0.658. The second-order valence-corrected chi connectivity index (χ2v) is 9.10. The number of hydrogen-bond acceptors (Lipinski definition) is 5. The smallest absolute Gasteiger partial charge is 0.295 e. The van der Waals surface area contributed by atoms with Crippen LogP contribution in [-0.4, -0.2) is 41.5 Å². The van der Waals surface area contributed by atoms with Crippen molar-refractivity contribution in [3.05, 3.63) is 64.7 Å². The van der Waals surface area contributed by atoms with Crippen molar-refractivity contribution in [3.8, 4) is 11.5 Å². The Balaban J connectivity index is 2.11. The van der Waals surface area contributed by atoms with Crippen LogP contribution in [-0.2, 0) is 9.59 Å². The molecule has 1 amide bonds. The average Bonchev–Trinajstić information content (AvgIpc) is 3.11. The van der Waals surface area contributed by atoms with Gasteiger partial charge in [0.05, 0.1) is 24.8 Å². The maximum atomic E-state index is 13.2. The van der Waals surface area contributed by atoms with Crippen molar-refractivity contribution in [1.29, 1.82) is 0 Å². The van der Waals surface area contributed by atoms with Crippen LogP contribution in [0, 0.1) is 0 Å². The monoisotopic (exact) mass is 479 g/mol. The van der Waals surface area contributed by atoms with Crippen LogP contribution in [0.4, 0.5) is 0 Å². The van der Waals surface area contributed by atoms with Gasteiger partial charge in [0.2, 0.25) is 0 Å². The van der Waals surface area contributed by atoms with Gasteiger partial charge < -0.3 is 19.5 Å². The molecule has 1 N–H and O–H groups in total. The zero-order valence-corrected chi connectivity index (χ0v) is 21.5. The number of hydrogen-bond donors (Lipinski definition) is 1. The molecule has 1 heterocycles. The van der Waals surface area contributed by atoms with Crippen LogP contribution in [0.5, 0.6) is 11.5 Å². The van der Waals surface area contributed by atoms with Crippen LogP contribution in [0.3, 0.4) is 0 Å². The molecule has 2 aromatic carbocycles. The van der Waals surface area contributed by atoms with Crippen LogP contribution < -0.4 is 9.47 Å². The van der Waals surface area contributed by atoms with E-state index in [0.717, 1.165) is 41.9 Å². The Labute approximate surface area is 208 Å².